The van der Waals surface area contributed by atoms with Crippen molar-refractivity contribution in [3.63, 3.8) is 0 Å². The molecule has 0 saturated carbocycles. The number of rotatable bonds is 4. The zero-order valence-corrected chi connectivity index (χ0v) is 17.8. The lowest BCUT2D eigenvalue weighted by molar-refractivity contribution is -0.140. The normalized spacial score (nSPS) is 18.9. The number of ether oxygens (including phenoxy) is 2. The number of hydrogen-bond donors (Lipinski definition) is 1. The van der Waals surface area contributed by atoms with Crippen molar-refractivity contribution in [1.29, 1.82) is 0 Å². The van der Waals surface area contributed by atoms with Crippen molar-refractivity contribution in [2.75, 3.05) is 13.2 Å². The first-order valence-corrected chi connectivity index (χ1v) is 10.6. The third-order valence-electron chi connectivity index (χ3n) is 5.81. The van der Waals surface area contributed by atoms with Gasteiger partial charge in [0.1, 0.15) is 30.6 Å². The fourth-order valence-corrected chi connectivity index (χ4v) is 4.17. The third-order valence-corrected chi connectivity index (χ3v) is 5.81. The molecule has 6 nitrogen and oxygen atoms in total. The van der Waals surface area contributed by atoms with Gasteiger partial charge in [0.15, 0.2) is 11.5 Å². The van der Waals surface area contributed by atoms with E-state index in [1.54, 1.807) is 18.2 Å². The number of hydrogen-bond acceptors (Lipinski definition) is 5. The van der Waals surface area contributed by atoms with Crippen LogP contribution in [0.15, 0.2) is 72.3 Å². The number of fused-ring (bicyclic) bond motifs is 1. The molecule has 0 spiro atoms. The molecule has 8 heteroatoms. The largest absolute Gasteiger partial charge is 0.507 e. The van der Waals surface area contributed by atoms with Crippen molar-refractivity contribution in [2.24, 2.45) is 0 Å². The lowest BCUT2D eigenvalue weighted by atomic mass is 9.95. The molecule has 1 unspecified atom stereocenters. The number of carbonyl (C=O) groups is 2. The predicted molar refractivity (Wildman–Crippen MR) is 118 cm³/mol. The highest BCUT2D eigenvalue weighted by molar-refractivity contribution is 6.46. The van der Waals surface area contributed by atoms with Gasteiger partial charge in [-0.05, 0) is 53.6 Å². The van der Waals surface area contributed by atoms with E-state index < -0.39 is 29.4 Å². The Bertz CT molecular complexity index is 1300. The Labute approximate surface area is 193 Å². The summed E-state index contributed by atoms with van der Waals surface area (Å²) in [7, 11) is 0. The summed E-state index contributed by atoms with van der Waals surface area (Å²) in [6.45, 7) is 0.733. The van der Waals surface area contributed by atoms with E-state index in [0.717, 1.165) is 0 Å². The molecule has 1 saturated heterocycles. The van der Waals surface area contributed by atoms with Gasteiger partial charge in [-0.25, -0.2) is 8.78 Å². The highest BCUT2D eigenvalue weighted by Gasteiger charge is 2.46. The van der Waals surface area contributed by atoms with E-state index in [1.165, 1.54) is 53.4 Å². The summed E-state index contributed by atoms with van der Waals surface area (Å²) in [6, 6.07) is 14.6. The topological polar surface area (TPSA) is 76.1 Å². The smallest absolute Gasteiger partial charge is 0.295 e. The molecule has 0 bridgehead atoms. The zero-order valence-electron chi connectivity index (χ0n) is 17.8. The van der Waals surface area contributed by atoms with Gasteiger partial charge in [-0.3, -0.25) is 9.59 Å². The minimum atomic E-state index is -0.973. The molecule has 1 atom stereocenters. The molecule has 2 heterocycles. The number of ketones is 1. The van der Waals surface area contributed by atoms with Crippen LogP contribution in [0, 0.1) is 11.6 Å². The number of aliphatic hydroxyl groups excluding tert-OH is 1. The quantitative estimate of drug-likeness (QED) is 0.354. The van der Waals surface area contributed by atoms with Crippen LogP contribution in [0.3, 0.4) is 0 Å². The number of amides is 1. The number of benzene rings is 3. The van der Waals surface area contributed by atoms with Gasteiger partial charge < -0.3 is 19.5 Å². The van der Waals surface area contributed by atoms with Crippen LogP contribution >= 0.6 is 0 Å². The van der Waals surface area contributed by atoms with E-state index in [-0.39, 0.29) is 23.4 Å². The maximum atomic E-state index is 13.6. The summed E-state index contributed by atoms with van der Waals surface area (Å²) in [5.74, 6) is -2.07. The first-order chi connectivity index (χ1) is 16.4. The summed E-state index contributed by atoms with van der Waals surface area (Å²) in [5, 5.41) is 11.2. The SMILES string of the molecule is O=C1C(=O)N(Cc2ccc(F)cc2)C(c2ccc(F)cc2)/C1=C(/O)c1ccc2c(c1)OCCO2. The van der Waals surface area contributed by atoms with Gasteiger partial charge >= 0.3 is 0 Å². The van der Waals surface area contributed by atoms with Gasteiger partial charge in [-0.2, -0.15) is 0 Å². The van der Waals surface area contributed by atoms with Crippen molar-refractivity contribution in [3.05, 3.63) is 101 Å². The van der Waals surface area contributed by atoms with Crippen LogP contribution in [-0.2, 0) is 16.1 Å². The molecule has 172 valence electrons. The number of Topliss-reactive ketones (excluding diaryl/α,β-unsaturated/α-hetero) is 1. The number of carbonyl (C=O) groups excluding carboxylic acids is 2. The van der Waals surface area contributed by atoms with Gasteiger partial charge in [-0.1, -0.05) is 24.3 Å². The molecule has 34 heavy (non-hydrogen) atoms. The molecular weight excluding hydrogens is 444 g/mol. The van der Waals surface area contributed by atoms with Crippen molar-refractivity contribution in [3.8, 4) is 11.5 Å². The average Bonchev–Trinajstić information content (AvgIpc) is 3.10. The second-order valence-corrected chi connectivity index (χ2v) is 7.96. The summed E-state index contributed by atoms with van der Waals surface area (Å²) >= 11 is 0. The molecule has 5 rings (SSSR count). The van der Waals surface area contributed by atoms with Gasteiger partial charge in [0.2, 0.25) is 0 Å². The fraction of sp³-hybridized carbons (Fsp3) is 0.154. The predicted octanol–water partition coefficient (Wildman–Crippen LogP) is 4.36. The molecule has 1 amide bonds. The van der Waals surface area contributed by atoms with Gasteiger partial charge in [-0.15, -0.1) is 0 Å². The third kappa shape index (κ3) is 3.87. The highest BCUT2D eigenvalue weighted by atomic mass is 19.1. The van der Waals surface area contributed by atoms with Crippen molar-refractivity contribution >= 4 is 17.4 Å². The Balaban J connectivity index is 1.62. The molecular formula is C26H19F2NO5. The van der Waals surface area contributed by atoms with Crippen molar-refractivity contribution < 1.29 is 33.0 Å². The Kier molecular flexibility index (Phi) is 5.49. The molecule has 0 radical (unpaired) electrons. The number of nitrogens with zero attached hydrogens (tertiary/aromatic N) is 1. The van der Waals surface area contributed by atoms with Crippen LogP contribution in [0.25, 0.3) is 5.76 Å². The van der Waals surface area contributed by atoms with E-state index >= 15 is 0 Å². The molecule has 0 aliphatic carbocycles. The van der Waals surface area contributed by atoms with Crippen LogP contribution in [0.4, 0.5) is 8.78 Å². The van der Waals surface area contributed by atoms with Gasteiger partial charge in [0, 0.05) is 12.1 Å². The molecule has 1 fully saturated rings. The van der Waals surface area contributed by atoms with E-state index in [9.17, 15) is 23.5 Å². The number of halogens is 2. The summed E-state index contributed by atoms with van der Waals surface area (Å²) < 4.78 is 38.1. The van der Waals surface area contributed by atoms with E-state index in [1.807, 2.05) is 0 Å². The molecule has 1 N–H and O–H groups in total. The maximum absolute atomic E-state index is 13.6. The fourth-order valence-electron chi connectivity index (χ4n) is 4.17. The van der Waals surface area contributed by atoms with Crippen molar-refractivity contribution in [2.45, 2.75) is 12.6 Å². The lowest BCUT2D eigenvalue weighted by Crippen LogP contribution is -2.29. The van der Waals surface area contributed by atoms with Gasteiger partial charge in [0.25, 0.3) is 11.7 Å². The Morgan fingerprint density at radius 3 is 2.18 bits per heavy atom. The molecule has 3 aromatic rings. The summed E-state index contributed by atoms with van der Waals surface area (Å²) in [6.07, 6.45) is 0. The minimum Gasteiger partial charge on any atom is -0.507 e. The Morgan fingerprint density at radius 1 is 0.882 bits per heavy atom. The minimum absolute atomic E-state index is 0.00911. The van der Waals surface area contributed by atoms with Crippen LogP contribution < -0.4 is 9.47 Å². The maximum Gasteiger partial charge on any atom is 0.295 e. The second-order valence-electron chi connectivity index (χ2n) is 7.96. The first-order valence-electron chi connectivity index (χ1n) is 10.6. The highest BCUT2D eigenvalue weighted by Crippen LogP contribution is 2.41. The van der Waals surface area contributed by atoms with Crippen LogP contribution in [0.1, 0.15) is 22.7 Å². The summed E-state index contributed by atoms with van der Waals surface area (Å²) in [4.78, 5) is 27.4. The van der Waals surface area contributed by atoms with E-state index in [4.69, 9.17) is 9.47 Å². The second kappa shape index (κ2) is 8.62. The number of likely N-dealkylation sites (tertiary alicyclic amines) is 1. The zero-order chi connectivity index (χ0) is 23.8. The average molecular weight is 463 g/mol. The Hall–Kier alpha value is -4.20. The van der Waals surface area contributed by atoms with Crippen LogP contribution in [-0.4, -0.2) is 34.9 Å². The van der Waals surface area contributed by atoms with Crippen LogP contribution in [0.2, 0.25) is 0 Å². The first kappa shape index (κ1) is 21.6. The Morgan fingerprint density at radius 2 is 1.50 bits per heavy atom. The molecule has 0 aromatic heterocycles. The molecule has 2 aliphatic rings. The van der Waals surface area contributed by atoms with Crippen molar-refractivity contribution in [1.82, 2.24) is 4.90 Å². The molecule has 3 aromatic carbocycles. The molecule has 2 aliphatic heterocycles. The lowest BCUT2D eigenvalue weighted by Gasteiger charge is -2.25. The monoisotopic (exact) mass is 463 g/mol. The summed E-state index contributed by atoms with van der Waals surface area (Å²) in [5.41, 5.74) is 1.18. The van der Waals surface area contributed by atoms with Crippen LogP contribution in [0.5, 0.6) is 11.5 Å². The van der Waals surface area contributed by atoms with E-state index in [2.05, 4.69) is 0 Å². The van der Waals surface area contributed by atoms with Gasteiger partial charge in [0.05, 0.1) is 11.6 Å². The standard InChI is InChI=1S/C26H19F2NO5/c27-18-6-1-15(2-7-18)14-29-23(16-3-8-19(28)9-4-16)22(25(31)26(29)32)24(30)17-5-10-20-21(13-17)34-12-11-33-20/h1-10,13,23,30H,11-12,14H2/b24-22-. The van der Waals surface area contributed by atoms with E-state index in [0.29, 0.717) is 35.8 Å². The number of aliphatic hydroxyl groups is 1.